The summed E-state index contributed by atoms with van der Waals surface area (Å²) in [6.45, 7) is 4.27. The number of halogens is 1. The summed E-state index contributed by atoms with van der Waals surface area (Å²) >= 11 is 1.66. The molecular weight excluding hydrogens is 482 g/mol. The van der Waals surface area contributed by atoms with Crippen LogP contribution in [0.2, 0.25) is 0 Å². The second-order valence-corrected chi connectivity index (χ2v) is 8.85. The number of ether oxygens (including phenoxy) is 2. The van der Waals surface area contributed by atoms with E-state index in [0.717, 1.165) is 53.2 Å². The Morgan fingerprint density at radius 1 is 0.971 bits per heavy atom. The second kappa shape index (κ2) is 13.7. The van der Waals surface area contributed by atoms with E-state index in [-0.39, 0.29) is 12.4 Å². The minimum atomic E-state index is 0. The van der Waals surface area contributed by atoms with E-state index in [1.165, 1.54) is 11.1 Å². The molecule has 0 aliphatic heterocycles. The van der Waals surface area contributed by atoms with Crippen LogP contribution in [0, 0.1) is 6.92 Å². The fourth-order valence-corrected chi connectivity index (χ4v) is 4.29. The molecule has 0 spiro atoms. The van der Waals surface area contributed by atoms with Gasteiger partial charge < -0.3 is 14.8 Å². The molecule has 0 saturated carbocycles. The maximum atomic E-state index is 6.02. The largest absolute Gasteiger partial charge is 0.493 e. The molecule has 9 heteroatoms. The van der Waals surface area contributed by atoms with Crippen LogP contribution in [0.5, 0.6) is 11.5 Å². The lowest BCUT2D eigenvalue weighted by atomic mass is 10.1. The van der Waals surface area contributed by atoms with Crippen LogP contribution in [0.1, 0.15) is 23.1 Å². The third-order valence-electron chi connectivity index (χ3n) is 5.37. The Bertz CT molecular complexity index is 1190. The molecule has 184 valence electrons. The van der Waals surface area contributed by atoms with E-state index < -0.39 is 0 Å². The summed E-state index contributed by atoms with van der Waals surface area (Å²) in [4.78, 5) is 0. The van der Waals surface area contributed by atoms with E-state index in [9.17, 15) is 0 Å². The molecule has 7 nitrogen and oxygen atoms in total. The van der Waals surface area contributed by atoms with Gasteiger partial charge in [0.1, 0.15) is 6.61 Å². The average Bonchev–Trinajstić information content (AvgIpc) is 3.35. The topological polar surface area (TPSA) is 74.1 Å². The van der Waals surface area contributed by atoms with Crippen LogP contribution in [0.4, 0.5) is 0 Å². The maximum Gasteiger partial charge on any atom is 0.214 e. The molecule has 1 N–H and O–H groups in total. The standard InChI is InChI=1S/C26H29N5O2S.ClH/c1-20-9-6-7-10-22(20)19-33-24-14-13-21(17-25(24)32-2)18-27-15-8-16-34-26-28-29-30-31(26)23-11-4-3-5-12-23;/h3-7,9-14,17,27H,8,15-16,18-19H2,1-2H3;1H. The highest BCUT2D eigenvalue weighted by Gasteiger charge is 2.09. The molecule has 4 rings (SSSR count). The monoisotopic (exact) mass is 511 g/mol. The molecule has 4 aromatic rings. The van der Waals surface area contributed by atoms with E-state index in [0.29, 0.717) is 6.61 Å². The Hall–Kier alpha value is -3.07. The zero-order valence-corrected chi connectivity index (χ0v) is 21.5. The Morgan fingerprint density at radius 2 is 1.77 bits per heavy atom. The van der Waals surface area contributed by atoms with Gasteiger partial charge in [-0.05, 0) is 71.3 Å². The van der Waals surface area contributed by atoms with Gasteiger partial charge in [-0.25, -0.2) is 0 Å². The van der Waals surface area contributed by atoms with Gasteiger partial charge in [0.05, 0.1) is 12.8 Å². The highest BCUT2D eigenvalue weighted by atomic mass is 35.5. The van der Waals surface area contributed by atoms with Crippen molar-refractivity contribution in [3.05, 3.63) is 89.5 Å². The van der Waals surface area contributed by atoms with Crippen LogP contribution < -0.4 is 14.8 Å². The van der Waals surface area contributed by atoms with Gasteiger partial charge in [-0.2, -0.15) is 4.68 Å². The summed E-state index contributed by atoms with van der Waals surface area (Å²) in [5.74, 6) is 2.42. The number of methoxy groups -OCH3 is 1. The zero-order valence-electron chi connectivity index (χ0n) is 19.9. The number of rotatable bonds is 12. The highest BCUT2D eigenvalue weighted by molar-refractivity contribution is 7.99. The first-order valence-electron chi connectivity index (χ1n) is 11.3. The summed E-state index contributed by atoms with van der Waals surface area (Å²) in [7, 11) is 1.67. The van der Waals surface area contributed by atoms with Crippen molar-refractivity contribution in [2.75, 3.05) is 19.4 Å². The van der Waals surface area contributed by atoms with Gasteiger partial charge in [0.25, 0.3) is 0 Å². The van der Waals surface area contributed by atoms with Gasteiger partial charge in [0, 0.05) is 12.3 Å². The van der Waals surface area contributed by atoms with E-state index in [1.807, 2.05) is 54.6 Å². The number of tetrazole rings is 1. The summed E-state index contributed by atoms with van der Waals surface area (Å²) in [6, 6.07) is 24.3. The Kier molecular flexibility index (Phi) is 10.4. The number of nitrogens with zero attached hydrogens (tertiary/aromatic N) is 4. The predicted octanol–water partition coefficient (Wildman–Crippen LogP) is 5.25. The van der Waals surface area contributed by atoms with Gasteiger partial charge in [-0.15, -0.1) is 17.5 Å². The van der Waals surface area contributed by atoms with Crippen molar-refractivity contribution in [3.63, 3.8) is 0 Å². The molecule has 0 aliphatic rings. The van der Waals surface area contributed by atoms with Crippen molar-refractivity contribution in [1.82, 2.24) is 25.5 Å². The van der Waals surface area contributed by atoms with Gasteiger partial charge in [-0.1, -0.05) is 60.3 Å². The number of aryl methyl sites for hydroxylation is 1. The van der Waals surface area contributed by atoms with Crippen molar-refractivity contribution >= 4 is 24.2 Å². The number of nitrogens with one attached hydrogen (secondary N) is 1. The number of benzene rings is 3. The van der Waals surface area contributed by atoms with Crippen molar-refractivity contribution in [3.8, 4) is 17.2 Å². The van der Waals surface area contributed by atoms with Crippen molar-refractivity contribution in [2.45, 2.75) is 31.7 Å². The normalized spacial score (nSPS) is 10.6. The molecule has 0 unspecified atom stereocenters. The van der Waals surface area contributed by atoms with Crippen LogP contribution in [0.3, 0.4) is 0 Å². The summed E-state index contributed by atoms with van der Waals surface area (Å²) in [5.41, 5.74) is 4.51. The molecule has 0 bridgehead atoms. The molecule has 0 radical (unpaired) electrons. The Morgan fingerprint density at radius 3 is 2.57 bits per heavy atom. The average molecular weight is 512 g/mol. The molecule has 1 heterocycles. The fraction of sp³-hybridized carbons (Fsp3) is 0.269. The summed E-state index contributed by atoms with van der Waals surface area (Å²) in [6.07, 6.45) is 1.00. The third-order valence-corrected chi connectivity index (χ3v) is 6.38. The third kappa shape index (κ3) is 7.45. The molecule has 0 saturated heterocycles. The summed E-state index contributed by atoms with van der Waals surface area (Å²) < 4.78 is 13.4. The van der Waals surface area contributed by atoms with E-state index in [1.54, 1.807) is 23.6 Å². The van der Waals surface area contributed by atoms with E-state index in [4.69, 9.17) is 9.47 Å². The van der Waals surface area contributed by atoms with Gasteiger partial charge in [0.15, 0.2) is 11.5 Å². The van der Waals surface area contributed by atoms with E-state index >= 15 is 0 Å². The minimum absolute atomic E-state index is 0. The van der Waals surface area contributed by atoms with Gasteiger partial charge >= 0.3 is 0 Å². The quantitative estimate of drug-likeness (QED) is 0.205. The number of thioether (sulfide) groups is 1. The number of hydrogen-bond donors (Lipinski definition) is 1. The lowest BCUT2D eigenvalue weighted by Crippen LogP contribution is -2.15. The molecule has 0 aliphatic carbocycles. The van der Waals surface area contributed by atoms with Crippen LogP contribution in [0.15, 0.2) is 78.0 Å². The first-order chi connectivity index (χ1) is 16.7. The maximum absolute atomic E-state index is 6.02. The minimum Gasteiger partial charge on any atom is -0.493 e. The lowest BCUT2D eigenvalue weighted by Gasteiger charge is -2.13. The van der Waals surface area contributed by atoms with Crippen molar-refractivity contribution in [1.29, 1.82) is 0 Å². The SMILES string of the molecule is COc1cc(CNCCCSc2nnnn2-c2ccccc2)ccc1OCc1ccccc1C.Cl. The highest BCUT2D eigenvalue weighted by Crippen LogP contribution is 2.29. The second-order valence-electron chi connectivity index (χ2n) is 7.79. The van der Waals surface area contributed by atoms with Crippen LogP contribution in [-0.2, 0) is 13.2 Å². The zero-order chi connectivity index (χ0) is 23.6. The number of para-hydroxylation sites is 1. The summed E-state index contributed by atoms with van der Waals surface area (Å²) in [5, 5.41) is 16.4. The van der Waals surface area contributed by atoms with Crippen molar-refractivity contribution in [2.24, 2.45) is 0 Å². The molecule has 0 amide bonds. The first kappa shape index (κ1) is 26.5. The molecule has 0 atom stereocenters. The van der Waals surface area contributed by atoms with E-state index in [2.05, 4.69) is 46.0 Å². The molecular formula is C26H30ClN5O2S. The van der Waals surface area contributed by atoms with Gasteiger partial charge in [0.2, 0.25) is 5.16 Å². The number of hydrogen-bond acceptors (Lipinski definition) is 7. The molecule has 3 aromatic carbocycles. The molecule has 1 aromatic heterocycles. The smallest absolute Gasteiger partial charge is 0.214 e. The van der Waals surface area contributed by atoms with Crippen LogP contribution in [0.25, 0.3) is 5.69 Å². The predicted molar refractivity (Wildman–Crippen MR) is 142 cm³/mol. The Balaban J connectivity index is 0.00000342. The van der Waals surface area contributed by atoms with Gasteiger partial charge in [-0.3, -0.25) is 0 Å². The Labute approximate surface area is 216 Å². The van der Waals surface area contributed by atoms with Crippen LogP contribution in [-0.4, -0.2) is 39.6 Å². The molecule has 0 fully saturated rings. The number of aromatic nitrogens is 4. The van der Waals surface area contributed by atoms with Crippen molar-refractivity contribution < 1.29 is 9.47 Å². The fourth-order valence-electron chi connectivity index (χ4n) is 3.46. The lowest BCUT2D eigenvalue weighted by molar-refractivity contribution is 0.283. The van der Waals surface area contributed by atoms with Crippen LogP contribution >= 0.6 is 24.2 Å². The molecule has 35 heavy (non-hydrogen) atoms. The first-order valence-corrected chi connectivity index (χ1v) is 12.2.